The minimum atomic E-state index is -0.180. The molecule has 1 unspecified atom stereocenters. The van der Waals surface area contributed by atoms with Crippen molar-refractivity contribution >= 4 is 5.91 Å². The number of carbonyl (C=O) groups excluding carboxylic acids is 1. The van der Waals surface area contributed by atoms with E-state index in [2.05, 4.69) is 17.6 Å². The molecule has 3 nitrogen and oxygen atoms in total. The lowest BCUT2D eigenvalue weighted by Crippen LogP contribution is -2.54. The molecule has 0 aromatic carbocycles. The molecule has 5 rings (SSSR count). The summed E-state index contributed by atoms with van der Waals surface area (Å²) in [6.45, 7) is 5.00. The third-order valence-corrected chi connectivity index (χ3v) is 6.93. The van der Waals surface area contributed by atoms with Crippen LogP contribution < -0.4 is 10.6 Å². The summed E-state index contributed by atoms with van der Waals surface area (Å²) in [6, 6.07) is 0. The molecule has 4 bridgehead atoms. The van der Waals surface area contributed by atoms with E-state index in [4.69, 9.17) is 0 Å². The largest absolute Gasteiger partial charge is 0.355 e. The molecule has 4 aliphatic carbocycles. The van der Waals surface area contributed by atoms with Crippen molar-refractivity contribution in [3.8, 4) is 0 Å². The fraction of sp³-hybridized carbons (Fsp3) is 0.944. The molecule has 5 fully saturated rings. The molecular weight excluding hydrogens is 260 g/mol. The minimum Gasteiger partial charge on any atom is -0.355 e. The molecule has 0 aromatic rings. The van der Waals surface area contributed by atoms with Crippen molar-refractivity contribution in [2.24, 2.45) is 28.6 Å². The number of carbonyl (C=O) groups is 1. The fourth-order valence-corrected chi connectivity index (χ4v) is 6.24. The van der Waals surface area contributed by atoms with Gasteiger partial charge in [-0.2, -0.15) is 0 Å². The maximum Gasteiger partial charge on any atom is 0.227 e. The molecule has 0 spiro atoms. The van der Waals surface area contributed by atoms with Crippen LogP contribution in [0.3, 0.4) is 0 Å². The van der Waals surface area contributed by atoms with Gasteiger partial charge in [-0.25, -0.2) is 0 Å². The van der Waals surface area contributed by atoms with Gasteiger partial charge < -0.3 is 10.6 Å². The maximum atomic E-state index is 12.7. The van der Waals surface area contributed by atoms with Gasteiger partial charge >= 0.3 is 0 Å². The Morgan fingerprint density at radius 2 is 1.76 bits per heavy atom. The second-order valence-corrected chi connectivity index (χ2v) is 8.94. The number of hydrogen-bond acceptors (Lipinski definition) is 2. The molecule has 1 heterocycles. The van der Waals surface area contributed by atoms with Gasteiger partial charge in [0.25, 0.3) is 0 Å². The van der Waals surface area contributed by atoms with Crippen molar-refractivity contribution in [2.45, 2.75) is 58.3 Å². The summed E-state index contributed by atoms with van der Waals surface area (Å²) >= 11 is 0. The normalized spacial score (nSPS) is 48.3. The monoisotopic (exact) mass is 290 g/mol. The van der Waals surface area contributed by atoms with Crippen LogP contribution in [0.4, 0.5) is 0 Å². The highest BCUT2D eigenvalue weighted by molar-refractivity contribution is 5.82. The molecular formula is C18H30N2O. The van der Waals surface area contributed by atoms with E-state index in [0.29, 0.717) is 11.3 Å². The van der Waals surface area contributed by atoms with Crippen LogP contribution in [-0.4, -0.2) is 25.5 Å². The fourth-order valence-electron chi connectivity index (χ4n) is 6.24. The minimum absolute atomic E-state index is 0.180. The van der Waals surface area contributed by atoms with E-state index in [1.54, 1.807) is 0 Å². The van der Waals surface area contributed by atoms with Crippen LogP contribution in [0.5, 0.6) is 0 Å². The van der Waals surface area contributed by atoms with Crippen LogP contribution in [-0.2, 0) is 4.79 Å². The highest BCUT2D eigenvalue weighted by Crippen LogP contribution is 2.59. The second-order valence-electron chi connectivity index (χ2n) is 8.94. The molecule has 0 aromatic heterocycles. The van der Waals surface area contributed by atoms with E-state index in [1.165, 1.54) is 38.5 Å². The summed E-state index contributed by atoms with van der Waals surface area (Å²) in [6.07, 6.45) is 10.8. The standard InChI is InChI=1S/C18H30N2O/c1-17(3-2-4-19-11-17)16(21)20-12-18-8-13-5-14(9-18)7-15(6-13)10-18/h13-15,19H,2-12H2,1H3,(H,20,21). The Balaban J connectivity index is 1.39. The first-order valence-corrected chi connectivity index (χ1v) is 9.06. The third-order valence-electron chi connectivity index (χ3n) is 6.93. The average molecular weight is 290 g/mol. The summed E-state index contributed by atoms with van der Waals surface area (Å²) in [5.74, 6) is 3.21. The Morgan fingerprint density at radius 3 is 2.29 bits per heavy atom. The predicted octanol–water partition coefficient (Wildman–Crippen LogP) is 2.71. The number of nitrogens with one attached hydrogen (secondary N) is 2. The molecule has 118 valence electrons. The molecule has 2 N–H and O–H groups in total. The Bertz CT molecular complexity index is 390. The zero-order valence-electron chi connectivity index (χ0n) is 13.4. The number of piperidine rings is 1. The molecule has 1 aliphatic heterocycles. The molecule has 5 aliphatic rings. The van der Waals surface area contributed by atoms with Crippen LogP contribution in [0.25, 0.3) is 0 Å². The average Bonchev–Trinajstić information content (AvgIpc) is 2.44. The SMILES string of the molecule is CC1(C(=O)NCC23CC4CC(CC(C4)C2)C3)CCCNC1. The van der Waals surface area contributed by atoms with Crippen molar-refractivity contribution in [2.75, 3.05) is 19.6 Å². The van der Waals surface area contributed by atoms with Crippen LogP contribution in [0, 0.1) is 28.6 Å². The summed E-state index contributed by atoms with van der Waals surface area (Å²) in [7, 11) is 0. The topological polar surface area (TPSA) is 41.1 Å². The summed E-state index contributed by atoms with van der Waals surface area (Å²) < 4.78 is 0. The Hall–Kier alpha value is -0.570. The van der Waals surface area contributed by atoms with Gasteiger partial charge in [0.2, 0.25) is 5.91 Å². The van der Waals surface area contributed by atoms with Gasteiger partial charge in [0.15, 0.2) is 0 Å². The number of hydrogen-bond donors (Lipinski definition) is 2. The molecule has 1 atom stereocenters. The smallest absolute Gasteiger partial charge is 0.227 e. The Kier molecular flexibility index (Phi) is 3.33. The van der Waals surface area contributed by atoms with E-state index in [-0.39, 0.29) is 5.41 Å². The van der Waals surface area contributed by atoms with Crippen molar-refractivity contribution < 1.29 is 4.79 Å². The van der Waals surface area contributed by atoms with Gasteiger partial charge in [-0.05, 0) is 88.0 Å². The van der Waals surface area contributed by atoms with Crippen LogP contribution >= 0.6 is 0 Å². The lowest BCUT2D eigenvalue weighted by molar-refractivity contribution is -0.133. The first-order chi connectivity index (χ1) is 10.1. The second kappa shape index (κ2) is 4.97. The summed E-state index contributed by atoms with van der Waals surface area (Å²) in [4.78, 5) is 12.7. The van der Waals surface area contributed by atoms with Crippen molar-refractivity contribution in [1.29, 1.82) is 0 Å². The van der Waals surface area contributed by atoms with E-state index >= 15 is 0 Å². The summed E-state index contributed by atoms with van der Waals surface area (Å²) in [5, 5.41) is 6.76. The lowest BCUT2D eigenvalue weighted by Gasteiger charge is -2.57. The first kappa shape index (κ1) is 14.0. The molecule has 21 heavy (non-hydrogen) atoms. The zero-order chi connectivity index (χ0) is 14.5. The van der Waals surface area contributed by atoms with Gasteiger partial charge in [0.05, 0.1) is 5.41 Å². The van der Waals surface area contributed by atoms with E-state index in [9.17, 15) is 4.79 Å². The maximum absolute atomic E-state index is 12.7. The van der Waals surface area contributed by atoms with E-state index in [0.717, 1.165) is 50.2 Å². The number of rotatable bonds is 3. The predicted molar refractivity (Wildman–Crippen MR) is 83.8 cm³/mol. The first-order valence-electron chi connectivity index (χ1n) is 9.06. The van der Waals surface area contributed by atoms with Crippen LogP contribution in [0.15, 0.2) is 0 Å². The molecule has 1 amide bonds. The number of amides is 1. The highest BCUT2D eigenvalue weighted by Gasteiger charge is 2.51. The lowest BCUT2D eigenvalue weighted by atomic mass is 9.49. The quantitative estimate of drug-likeness (QED) is 0.839. The Labute approximate surface area is 128 Å². The third kappa shape index (κ3) is 2.52. The van der Waals surface area contributed by atoms with Crippen LogP contribution in [0.2, 0.25) is 0 Å². The zero-order valence-corrected chi connectivity index (χ0v) is 13.4. The van der Waals surface area contributed by atoms with Gasteiger partial charge in [-0.1, -0.05) is 0 Å². The van der Waals surface area contributed by atoms with E-state index in [1.807, 2.05) is 0 Å². The van der Waals surface area contributed by atoms with Crippen molar-refractivity contribution in [3.63, 3.8) is 0 Å². The highest BCUT2D eigenvalue weighted by atomic mass is 16.2. The Morgan fingerprint density at radius 1 is 1.14 bits per heavy atom. The van der Waals surface area contributed by atoms with Gasteiger partial charge in [-0.15, -0.1) is 0 Å². The van der Waals surface area contributed by atoms with Crippen molar-refractivity contribution in [3.05, 3.63) is 0 Å². The van der Waals surface area contributed by atoms with E-state index < -0.39 is 0 Å². The van der Waals surface area contributed by atoms with Gasteiger partial charge in [0.1, 0.15) is 0 Å². The summed E-state index contributed by atoms with van der Waals surface area (Å²) in [5.41, 5.74) is 0.281. The van der Waals surface area contributed by atoms with Crippen LogP contribution in [0.1, 0.15) is 58.3 Å². The van der Waals surface area contributed by atoms with Gasteiger partial charge in [-0.3, -0.25) is 4.79 Å². The van der Waals surface area contributed by atoms with Gasteiger partial charge in [0, 0.05) is 13.1 Å². The molecule has 3 heteroatoms. The molecule has 0 radical (unpaired) electrons. The van der Waals surface area contributed by atoms with Crippen molar-refractivity contribution in [1.82, 2.24) is 10.6 Å². The molecule has 1 saturated heterocycles. The molecule has 4 saturated carbocycles.